The fraction of sp³-hybridized carbons (Fsp3) is 0.333. The van der Waals surface area contributed by atoms with Gasteiger partial charge in [-0.2, -0.15) is 5.26 Å². The van der Waals surface area contributed by atoms with Crippen molar-refractivity contribution in [1.29, 1.82) is 5.26 Å². The summed E-state index contributed by atoms with van der Waals surface area (Å²) in [5.74, 6) is -0.225. The summed E-state index contributed by atoms with van der Waals surface area (Å²) < 4.78 is 11.1. The van der Waals surface area contributed by atoms with Crippen LogP contribution in [0.4, 0.5) is 0 Å². The lowest BCUT2D eigenvalue weighted by atomic mass is 10.00. The monoisotopic (exact) mass is 403 g/mol. The molecule has 0 bridgehead atoms. The van der Waals surface area contributed by atoms with Crippen LogP contribution in [-0.2, 0) is 9.53 Å². The first-order chi connectivity index (χ1) is 12.8. The second-order valence-electron chi connectivity index (χ2n) is 7.13. The number of allylic oxidation sites excluding steroid dienone is 1. The molecule has 0 spiro atoms. The van der Waals surface area contributed by atoms with Gasteiger partial charge in [0.2, 0.25) is 6.10 Å². The second-order valence-corrected chi connectivity index (χ2v) is 8.14. The van der Waals surface area contributed by atoms with Crippen LogP contribution in [0.5, 0.6) is 5.75 Å². The quantitative estimate of drug-likeness (QED) is 0.614. The number of nitrogens with zero attached hydrogens (tertiary/aromatic N) is 1. The van der Waals surface area contributed by atoms with Crippen molar-refractivity contribution in [1.82, 2.24) is 0 Å². The number of halogens is 2. The Balaban J connectivity index is 1.90. The molecular formula is C21H19Cl2NO3. The van der Waals surface area contributed by atoms with Crippen LogP contribution < -0.4 is 4.74 Å². The fourth-order valence-corrected chi connectivity index (χ4v) is 3.90. The molecule has 3 unspecified atom stereocenters. The van der Waals surface area contributed by atoms with Gasteiger partial charge in [-0.1, -0.05) is 61.3 Å². The molecule has 1 fully saturated rings. The third-order valence-electron chi connectivity index (χ3n) is 5.24. The molecule has 2 aromatic carbocycles. The van der Waals surface area contributed by atoms with Gasteiger partial charge in [-0.3, -0.25) is 4.79 Å². The summed E-state index contributed by atoms with van der Waals surface area (Å²) in [4.78, 5) is 12.7. The van der Waals surface area contributed by atoms with Gasteiger partial charge in [-0.05, 0) is 34.9 Å². The van der Waals surface area contributed by atoms with Crippen molar-refractivity contribution in [2.24, 2.45) is 17.3 Å². The lowest BCUT2D eigenvalue weighted by molar-refractivity contribution is -0.149. The van der Waals surface area contributed by atoms with Crippen LogP contribution in [0.3, 0.4) is 0 Å². The Morgan fingerprint density at radius 1 is 1.22 bits per heavy atom. The van der Waals surface area contributed by atoms with Gasteiger partial charge in [0, 0.05) is 10.9 Å². The van der Waals surface area contributed by atoms with Gasteiger partial charge in [0.25, 0.3) is 0 Å². The van der Waals surface area contributed by atoms with Crippen molar-refractivity contribution < 1.29 is 14.3 Å². The van der Waals surface area contributed by atoms with Crippen molar-refractivity contribution >= 4 is 39.9 Å². The smallest absolute Gasteiger partial charge is 0.311 e. The molecule has 0 saturated heterocycles. The largest absolute Gasteiger partial charge is 0.496 e. The summed E-state index contributed by atoms with van der Waals surface area (Å²) in [7, 11) is 1.59. The van der Waals surface area contributed by atoms with E-state index >= 15 is 0 Å². The Morgan fingerprint density at radius 2 is 1.89 bits per heavy atom. The Hall–Kier alpha value is -2.22. The van der Waals surface area contributed by atoms with Crippen LogP contribution in [0.25, 0.3) is 10.8 Å². The number of rotatable bonds is 5. The molecule has 0 aromatic heterocycles. The Kier molecular flexibility index (Phi) is 5.37. The predicted octanol–water partition coefficient (Wildman–Crippen LogP) is 5.55. The minimum absolute atomic E-state index is 0.109. The van der Waals surface area contributed by atoms with Gasteiger partial charge >= 0.3 is 5.97 Å². The van der Waals surface area contributed by atoms with Gasteiger partial charge in [0.05, 0.1) is 13.0 Å². The average molecular weight is 404 g/mol. The van der Waals surface area contributed by atoms with E-state index in [2.05, 4.69) is 6.07 Å². The highest BCUT2D eigenvalue weighted by Gasteiger charge is 2.62. The number of benzene rings is 2. The molecule has 4 nitrogen and oxygen atoms in total. The van der Waals surface area contributed by atoms with Crippen LogP contribution in [0.2, 0.25) is 0 Å². The molecule has 1 aliphatic carbocycles. The normalized spacial score (nSPS) is 21.0. The summed E-state index contributed by atoms with van der Waals surface area (Å²) in [6, 6.07) is 13.2. The van der Waals surface area contributed by atoms with Gasteiger partial charge in [0.15, 0.2) is 0 Å². The maximum atomic E-state index is 12.7. The number of carbonyl (C=O) groups excluding carboxylic acids is 1. The minimum atomic E-state index is -1.01. The zero-order chi connectivity index (χ0) is 19.8. The molecule has 0 amide bonds. The van der Waals surface area contributed by atoms with Crippen LogP contribution in [0.15, 0.2) is 47.0 Å². The summed E-state index contributed by atoms with van der Waals surface area (Å²) in [5, 5.41) is 11.3. The van der Waals surface area contributed by atoms with Crippen LogP contribution in [0.1, 0.15) is 25.5 Å². The molecule has 3 atom stereocenters. The van der Waals surface area contributed by atoms with E-state index in [1.165, 1.54) is 0 Å². The number of esters is 1. The molecule has 0 radical (unpaired) electrons. The van der Waals surface area contributed by atoms with E-state index in [-0.39, 0.29) is 21.7 Å². The zero-order valence-corrected chi connectivity index (χ0v) is 16.7. The van der Waals surface area contributed by atoms with E-state index in [1.807, 2.05) is 38.1 Å². The molecule has 0 aliphatic heterocycles. The number of carbonyl (C=O) groups is 1. The first-order valence-electron chi connectivity index (χ1n) is 8.49. The highest BCUT2D eigenvalue weighted by Crippen LogP contribution is 2.60. The molecule has 1 aliphatic rings. The first kappa shape index (κ1) is 19.5. The van der Waals surface area contributed by atoms with Crippen molar-refractivity contribution in [3.63, 3.8) is 0 Å². The lowest BCUT2D eigenvalue weighted by Crippen LogP contribution is -2.15. The molecular weight excluding hydrogens is 385 g/mol. The fourth-order valence-electron chi connectivity index (χ4n) is 3.62. The number of nitriles is 1. The van der Waals surface area contributed by atoms with Crippen LogP contribution in [0, 0.1) is 28.6 Å². The molecule has 6 heteroatoms. The van der Waals surface area contributed by atoms with Gasteiger partial charge in [-0.25, -0.2) is 0 Å². The van der Waals surface area contributed by atoms with E-state index < -0.39 is 12.1 Å². The number of fused-ring (bicyclic) bond motifs is 1. The van der Waals surface area contributed by atoms with E-state index in [0.29, 0.717) is 11.3 Å². The third kappa shape index (κ3) is 3.63. The Labute approximate surface area is 168 Å². The summed E-state index contributed by atoms with van der Waals surface area (Å²) >= 11 is 11.5. The highest BCUT2D eigenvalue weighted by atomic mass is 35.5. The maximum Gasteiger partial charge on any atom is 0.311 e. The highest BCUT2D eigenvalue weighted by molar-refractivity contribution is 6.55. The molecule has 2 aromatic rings. The van der Waals surface area contributed by atoms with E-state index in [1.54, 1.807) is 25.3 Å². The molecule has 3 rings (SSSR count). The molecule has 140 valence electrons. The molecule has 0 heterocycles. The minimum Gasteiger partial charge on any atom is -0.496 e. The van der Waals surface area contributed by atoms with Gasteiger partial charge < -0.3 is 9.47 Å². The Bertz CT molecular complexity index is 958. The van der Waals surface area contributed by atoms with Gasteiger partial charge in [0.1, 0.15) is 16.3 Å². The zero-order valence-electron chi connectivity index (χ0n) is 15.2. The van der Waals surface area contributed by atoms with E-state index in [4.69, 9.17) is 32.7 Å². The topological polar surface area (TPSA) is 59.3 Å². The average Bonchev–Trinajstić information content (AvgIpc) is 3.18. The third-order valence-corrected chi connectivity index (χ3v) is 5.49. The first-order valence-corrected chi connectivity index (χ1v) is 9.25. The van der Waals surface area contributed by atoms with E-state index in [9.17, 15) is 10.1 Å². The number of hydrogen-bond donors (Lipinski definition) is 0. The van der Waals surface area contributed by atoms with Crippen molar-refractivity contribution in [2.75, 3.05) is 7.11 Å². The second kappa shape index (κ2) is 7.42. The predicted molar refractivity (Wildman–Crippen MR) is 105 cm³/mol. The SMILES string of the molecule is COc1ccc(C(C#N)OC(=O)C2C(C=C(Cl)Cl)C2(C)C)c2ccccc12. The van der Waals surface area contributed by atoms with E-state index in [0.717, 1.165) is 10.8 Å². The lowest BCUT2D eigenvalue weighted by Gasteiger charge is -2.16. The van der Waals surface area contributed by atoms with Crippen LogP contribution in [-0.4, -0.2) is 13.1 Å². The van der Waals surface area contributed by atoms with Gasteiger partial charge in [-0.15, -0.1) is 0 Å². The molecule has 27 heavy (non-hydrogen) atoms. The number of hydrogen-bond acceptors (Lipinski definition) is 4. The molecule has 0 N–H and O–H groups in total. The standard InChI is InChI=1S/C21H19Cl2NO3/c1-21(2)15(10-18(22)23)19(21)20(25)27-17(11-24)14-8-9-16(26-3)13-7-5-4-6-12(13)14/h4-10,15,17,19H,1-3H3. The molecule has 1 saturated carbocycles. The summed E-state index contributed by atoms with van der Waals surface area (Å²) in [6.45, 7) is 3.89. The van der Waals surface area contributed by atoms with Crippen molar-refractivity contribution in [2.45, 2.75) is 20.0 Å². The summed E-state index contributed by atoms with van der Waals surface area (Å²) in [5.41, 5.74) is 0.317. The van der Waals surface area contributed by atoms with Crippen LogP contribution >= 0.6 is 23.2 Å². The number of ether oxygens (including phenoxy) is 2. The number of methoxy groups -OCH3 is 1. The maximum absolute atomic E-state index is 12.7. The van der Waals surface area contributed by atoms with Crippen molar-refractivity contribution in [3.05, 3.63) is 52.5 Å². The van der Waals surface area contributed by atoms with Crippen molar-refractivity contribution in [3.8, 4) is 11.8 Å². The Morgan fingerprint density at radius 3 is 2.48 bits per heavy atom. The summed E-state index contributed by atoms with van der Waals surface area (Å²) in [6.07, 6.45) is 0.639.